The van der Waals surface area contributed by atoms with Crippen LogP contribution < -0.4 is 11.5 Å². The summed E-state index contributed by atoms with van der Waals surface area (Å²) in [6, 6.07) is 16.4. The summed E-state index contributed by atoms with van der Waals surface area (Å²) in [7, 11) is 0. The van der Waals surface area contributed by atoms with Gasteiger partial charge in [-0.2, -0.15) is 0 Å². The molecule has 0 radical (unpaired) electrons. The van der Waals surface area contributed by atoms with Crippen molar-refractivity contribution < 1.29 is 0 Å². The van der Waals surface area contributed by atoms with E-state index >= 15 is 0 Å². The molecule has 120 valence electrons. The third-order valence-electron chi connectivity index (χ3n) is 4.40. The molecule has 0 bridgehead atoms. The van der Waals surface area contributed by atoms with Gasteiger partial charge in [-0.25, -0.2) is 9.97 Å². The number of hydrogen-bond donors (Lipinski definition) is 2. The molecule has 0 fully saturated rings. The average Bonchev–Trinajstić information content (AvgIpc) is 2.93. The molecule has 0 saturated heterocycles. The lowest BCUT2D eigenvalue weighted by Crippen LogP contribution is -2.03. The van der Waals surface area contributed by atoms with E-state index in [0.717, 1.165) is 39.9 Å². The lowest BCUT2D eigenvalue weighted by atomic mass is 10.1. The summed E-state index contributed by atoms with van der Waals surface area (Å²) >= 11 is 0. The second-order valence-corrected chi connectivity index (χ2v) is 5.98. The van der Waals surface area contributed by atoms with Crippen LogP contribution in [0.15, 0.2) is 48.5 Å². The van der Waals surface area contributed by atoms with Crippen LogP contribution in [-0.2, 0) is 13.1 Å². The molecule has 0 unspecified atom stereocenters. The molecule has 2 aromatic heterocycles. The van der Waals surface area contributed by atoms with Crippen molar-refractivity contribution in [2.24, 2.45) is 5.73 Å². The van der Waals surface area contributed by atoms with Crippen molar-refractivity contribution in [3.63, 3.8) is 0 Å². The Balaban J connectivity index is 1.92. The van der Waals surface area contributed by atoms with E-state index in [1.165, 1.54) is 5.56 Å². The standard InChI is InChI=1S/C19H19N5/c1-12-22-17-18(15-4-2-3-5-16(15)23-19(17)21)24(12)11-14-8-6-13(10-20)7-9-14/h2-9H,10-11,20H2,1H3,(H2,21,23). The van der Waals surface area contributed by atoms with E-state index in [0.29, 0.717) is 12.4 Å². The van der Waals surface area contributed by atoms with Crippen LogP contribution in [0.25, 0.3) is 21.9 Å². The molecular weight excluding hydrogens is 298 g/mol. The monoisotopic (exact) mass is 317 g/mol. The van der Waals surface area contributed by atoms with Gasteiger partial charge in [-0.3, -0.25) is 0 Å². The number of rotatable bonds is 3. The van der Waals surface area contributed by atoms with Crippen LogP contribution in [0, 0.1) is 6.92 Å². The lowest BCUT2D eigenvalue weighted by Gasteiger charge is -2.10. The maximum Gasteiger partial charge on any atom is 0.152 e. The van der Waals surface area contributed by atoms with E-state index < -0.39 is 0 Å². The minimum atomic E-state index is 0.476. The molecule has 4 rings (SSSR count). The third-order valence-corrected chi connectivity index (χ3v) is 4.40. The highest BCUT2D eigenvalue weighted by Crippen LogP contribution is 2.29. The molecule has 5 nitrogen and oxygen atoms in total. The van der Waals surface area contributed by atoms with Gasteiger partial charge in [-0.1, -0.05) is 42.5 Å². The van der Waals surface area contributed by atoms with E-state index in [1.807, 2.05) is 25.1 Å². The van der Waals surface area contributed by atoms with Gasteiger partial charge in [0.1, 0.15) is 11.3 Å². The molecule has 4 aromatic rings. The normalized spacial score (nSPS) is 11.4. The predicted molar refractivity (Wildman–Crippen MR) is 97.6 cm³/mol. The Morgan fingerprint density at radius 3 is 2.42 bits per heavy atom. The van der Waals surface area contributed by atoms with Crippen LogP contribution >= 0.6 is 0 Å². The van der Waals surface area contributed by atoms with E-state index in [2.05, 4.69) is 44.9 Å². The Labute approximate surface area is 139 Å². The van der Waals surface area contributed by atoms with E-state index in [9.17, 15) is 0 Å². The number of imidazole rings is 1. The number of nitrogen functional groups attached to an aromatic ring is 1. The Bertz CT molecular complexity index is 1030. The Kier molecular flexibility index (Phi) is 3.43. The maximum atomic E-state index is 6.13. The summed E-state index contributed by atoms with van der Waals surface area (Å²) in [5, 5.41) is 1.07. The molecule has 0 aliphatic carbocycles. The van der Waals surface area contributed by atoms with Gasteiger partial charge in [0.15, 0.2) is 5.82 Å². The highest BCUT2D eigenvalue weighted by atomic mass is 15.1. The van der Waals surface area contributed by atoms with Crippen molar-refractivity contribution in [3.8, 4) is 0 Å². The molecule has 2 aromatic carbocycles. The summed E-state index contributed by atoms with van der Waals surface area (Å²) in [5.41, 5.74) is 16.8. The smallest absolute Gasteiger partial charge is 0.152 e. The molecule has 5 heteroatoms. The Morgan fingerprint density at radius 2 is 1.67 bits per heavy atom. The first-order chi connectivity index (χ1) is 11.7. The lowest BCUT2D eigenvalue weighted by molar-refractivity contribution is 0.787. The van der Waals surface area contributed by atoms with Crippen molar-refractivity contribution in [1.29, 1.82) is 0 Å². The SMILES string of the molecule is Cc1nc2c(N)nc3ccccc3c2n1Cc1ccc(CN)cc1. The topological polar surface area (TPSA) is 82.8 Å². The van der Waals surface area contributed by atoms with Crippen molar-refractivity contribution in [2.75, 3.05) is 5.73 Å². The fourth-order valence-electron chi connectivity index (χ4n) is 3.13. The molecule has 0 atom stereocenters. The van der Waals surface area contributed by atoms with Crippen molar-refractivity contribution in [1.82, 2.24) is 14.5 Å². The summed E-state index contributed by atoms with van der Waals surface area (Å²) in [4.78, 5) is 9.12. The summed E-state index contributed by atoms with van der Waals surface area (Å²) < 4.78 is 2.20. The van der Waals surface area contributed by atoms with Gasteiger partial charge in [0.05, 0.1) is 11.0 Å². The number of nitrogens with zero attached hydrogens (tertiary/aromatic N) is 3. The number of anilines is 1. The number of nitrogens with two attached hydrogens (primary N) is 2. The van der Waals surface area contributed by atoms with Gasteiger partial charge >= 0.3 is 0 Å². The van der Waals surface area contributed by atoms with Gasteiger partial charge in [0, 0.05) is 18.5 Å². The fraction of sp³-hybridized carbons (Fsp3) is 0.158. The number of fused-ring (bicyclic) bond motifs is 3. The zero-order valence-corrected chi connectivity index (χ0v) is 13.5. The zero-order chi connectivity index (χ0) is 16.7. The second-order valence-electron chi connectivity index (χ2n) is 5.98. The first kappa shape index (κ1) is 14.7. The highest BCUT2D eigenvalue weighted by Gasteiger charge is 2.15. The number of para-hydroxylation sites is 1. The molecule has 0 aliphatic heterocycles. The first-order valence-electron chi connectivity index (χ1n) is 7.96. The summed E-state index contributed by atoms with van der Waals surface area (Å²) in [6.45, 7) is 3.29. The van der Waals surface area contributed by atoms with Crippen LogP contribution in [-0.4, -0.2) is 14.5 Å². The number of aryl methyl sites for hydroxylation is 1. The minimum absolute atomic E-state index is 0.476. The van der Waals surface area contributed by atoms with Crippen LogP contribution in [0.5, 0.6) is 0 Å². The summed E-state index contributed by atoms with van der Waals surface area (Å²) in [5.74, 6) is 1.40. The fourth-order valence-corrected chi connectivity index (χ4v) is 3.13. The van der Waals surface area contributed by atoms with Crippen molar-refractivity contribution in [2.45, 2.75) is 20.0 Å². The minimum Gasteiger partial charge on any atom is -0.382 e. The van der Waals surface area contributed by atoms with Gasteiger partial charge in [0.2, 0.25) is 0 Å². The molecule has 4 N–H and O–H groups in total. The van der Waals surface area contributed by atoms with E-state index in [1.54, 1.807) is 0 Å². The Morgan fingerprint density at radius 1 is 0.958 bits per heavy atom. The molecule has 0 aliphatic rings. The maximum absolute atomic E-state index is 6.13. The van der Waals surface area contributed by atoms with Gasteiger partial charge in [0.25, 0.3) is 0 Å². The first-order valence-corrected chi connectivity index (χ1v) is 7.96. The molecule has 0 amide bonds. The third kappa shape index (κ3) is 2.30. The summed E-state index contributed by atoms with van der Waals surface area (Å²) in [6.07, 6.45) is 0. The average molecular weight is 317 g/mol. The molecule has 2 heterocycles. The van der Waals surface area contributed by atoms with Crippen LogP contribution in [0.1, 0.15) is 17.0 Å². The van der Waals surface area contributed by atoms with Gasteiger partial charge in [-0.05, 0) is 24.1 Å². The molecule has 0 saturated carbocycles. The van der Waals surface area contributed by atoms with Crippen LogP contribution in [0.4, 0.5) is 5.82 Å². The zero-order valence-electron chi connectivity index (χ0n) is 13.5. The van der Waals surface area contributed by atoms with Crippen molar-refractivity contribution in [3.05, 3.63) is 65.5 Å². The predicted octanol–water partition coefficient (Wildman–Crippen LogP) is 2.98. The van der Waals surface area contributed by atoms with Gasteiger partial charge in [-0.15, -0.1) is 0 Å². The number of hydrogen-bond acceptors (Lipinski definition) is 4. The van der Waals surface area contributed by atoms with Crippen LogP contribution in [0.2, 0.25) is 0 Å². The van der Waals surface area contributed by atoms with Crippen LogP contribution in [0.3, 0.4) is 0 Å². The van der Waals surface area contributed by atoms with Crippen molar-refractivity contribution >= 4 is 27.8 Å². The highest BCUT2D eigenvalue weighted by molar-refractivity contribution is 6.06. The van der Waals surface area contributed by atoms with E-state index in [4.69, 9.17) is 11.5 Å². The second kappa shape index (κ2) is 5.62. The van der Waals surface area contributed by atoms with E-state index in [-0.39, 0.29) is 0 Å². The number of aromatic nitrogens is 3. The quantitative estimate of drug-likeness (QED) is 0.608. The largest absolute Gasteiger partial charge is 0.382 e. The number of benzene rings is 2. The molecule has 24 heavy (non-hydrogen) atoms. The molecule has 0 spiro atoms. The Hall–Kier alpha value is -2.92. The number of pyridine rings is 1. The molecular formula is C19H19N5. The van der Waals surface area contributed by atoms with Gasteiger partial charge < -0.3 is 16.0 Å².